The lowest BCUT2D eigenvalue weighted by molar-refractivity contribution is -0.149. The maximum Gasteiger partial charge on any atom is 0.326 e. The predicted octanol–water partition coefficient (Wildman–Crippen LogP) is 2.22. The van der Waals surface area contributed by atoms with E-state index in [1.54, 1.807) is 6.92 Å². The lowest BCUT2D eigenvalue weighted by atomic mass is 10.1. The first-order valence-corrected chi connectivity index (χ1v) is 9.69. The highest BCUT2D eigenvalue weighted by atomic mass is 32.2. The number of carbonyl (C=O) groups is 3. The van der Waals surface area contributed by atoms with Crippen molar-refractivity contribution in [2.45, 2.75) is 38.8 Å². The van der Waals surface area contributed by atoms with Crippen molar-refractivity contribution in [1.82, 2.24) is 4.90 Å². The molecule has 142 valence electrons. The van der Waals surface area contributed by atoms with Crippen LogP contribution in [0.1, 0.15) is 25.8 Å². The van der Waals surface area contributed by atoms with Crippen LogP contribution in [0.15, 0.2) is 30.3 Å². The number of nitrogens with zero attached hydrogens (tertiary/aromatic N) is 1. The van der Waals surface area contributed by atoms with Crippen LogP contribution in [0.5, 0.6) is 0 Å². The minimum Gasteiger partial charge on any atom is -0.480 e. The standard InChI is InChI=1S/C19H25NO5S/c1-13(12-26-14(2)21)18(22)20-11-16(10-17(20)19(23)24)25-9-8-15-6-4-3-5-7-15/h3-7,13,16-17H,8-12H2,1-2H3,(H,23,24)/t13?,16?,17-/m0/s1. The van der Waals surface area contributed by atoms with Crippen molar-refractivity contribution in [3.63, 3.8) is 0 Å². The van der Waals surface area contributed by atoms with E-state index in [1.807, 2.05) is 30.3 Å². The molecule has 3 atom stereocenters. The average molecular weight is 379 g/mol. The molecule has 1 saturated heterocycles. The van der Waals surface area contributed by atoms with Gasteiger partial charge in [0.05, 0.1) is 12.7 Å². The number of carboxylic acid groups (broad SMARTS) is 1. The van der Waals surface area contributed by atoms with Gasteiger partial charge in [-0.2, -0.15) is 0 Å². The molecule has 1 amide bonds. The van der Waals surface area contributed by atoms with Gasteiger partial charge in [0.25, 0.3) is 0 Å². The first-order valence-electron chi connectivity index (χ1n) is 8.70. The molecule has 2 unspecified atom stereocenters. The van der Waals surface area contributed by atoms with Gasteiger partial charge >= 0.3 is 5.97 Å². The SMILES string of the molecule is CC(=O)SCC(C)C(=O)N1CC(OCCc2ccccc2)C[C@H]1C(=O)O. The molecule has 0 radical (unpaired) electrons. The zero-order valence-electron chi connectivity index (χ0n) is 15.1. The van der Waals surface area contributed by atoms with Crippen LogP contribution in [0.2, 0.25) is 0 Å². The molecular weight excluding hydrogens is 354 g/mol. The summed E-state index contributed by atoms with van der Waals surface area (Å²) in [6, 6.07) is 9.05. The van der Waals surface area contributed by atoms with Crippen LogP contribution in [0.4, 0.5) is 0 Å². The van der Waals surface area contributed by atoms with E-state index in [0.29, 0.717) is 18.8 Å². The van der Waals surface area contributed by atoms with Crippen LogP contribution in [0.25, 0.3) is 0 Å². The van der Waals surface area contributed by atoms with E-state index in [1.165, 1.54) is 11.8 Å². The maximum atomic E-state index is 12.6. The molecule has 7 heteroatoms. The number of likely N-dealkylation sites (tertiary alicyclic amines) is 1. The highest BCUT2D eigenvalue weighted by molar-refractivity contribution is 8.13. The van der Waals surface area contributed by atoms with Gasteiger partial charge in [0.1, 0.15) is 6.04 Å². The summed E-state index contributed by atoms with van der Waals surface area (Å²) < 4.78 is 5.83. The van der Waals surface area contributed by atoms with Crippen molar-refractivity contribution in [3.8, 4) is 0 Å². The van der Waals surface area contributed by atoms with Gasteiger partial charge in [0.2, 0.25) is 5.91 Å². The first-order chi connectivity index (χ1) is 12.4. The molecule has 1 aliphatic rings. The Balaban J connectivity index is 1.89. The van der Waals surface area contributed by atoms with Crippen LogP contribution < -0.4 is 0 Å². The number of carboxylic acids is 1. The van der Waals surface area contributed by atoms with Crippen LogP contribution >= 0.6 is 11.8 Å². The summed E-state index contributed by atoms with van der Waals surface area (Å²) in [5.74, 6) is -1.30. The average Bonchev–Trinajstić information content (AvgIpc) is 3.04. The van der Waals surface area contributed by atoms with Crippen molar-refractivity contribution in [1.29, 1.82) is 0 Å². The number of carbonyl (C=O) groups excluding carboxylic acids is 2. The third-order valence-electron chi connectivity index (χ3n) is 4.38. The van der Waals surface area contributed by atoms with Gasteiger partial charge in [-0.25, -0.2) is 4.79 Å². The molecule has 1 N–H and O–H groups in total. The van der Waals surface area contributed by atoms with Gasteiger partial charge in [-0.15, -0.1) is 0 Å². The summed E-state index contributed by atoms with van der Waals surface area (Å²) in [6.07, 6.45) is 0.758. The van der Waals surface area contributed by atoms with E-state index >= 15 is 0 Å². The second-order valence-corrected chi connectivity index (χ2v) is 7.71. The highest BCUT2D eigenvalue weighted by Crippen LogP contribution is 2.24. The molecule has 26 heavy (non-hydrogen) atoms. The molecule has 0 saturated carbocycles. The highest BCUT2D eigenvalue weighted by Gasteiger charge is 2.41. The van der Waals surface area contributed by atoms with Crippen molar-refractivity contribution in [2.75, 3.05) is 18.9 Å². The molecule has 0 spiro atoms. The Bertz CT molecular complexity index is 636. The Morgan fingerprint density at radius 1 is 1.31 bits per heavy atom. The Hall–Kier alpha value is -1.86. The summed E-state index contributed by atoms with van der Waals surface area (Å²) >= 11 is 1.08. The summed E-state index contributed by atoms with van der Waals surface area (Å²) in [7, 11) is 0. The lowest BCUT2D eigenvalue weighted by Gasteiger charge is -2.24. The minimum absolute atomic E-state index is 0.0528. The van der Waals surface area contributed by atoms with Crippen molar-refractivity contribution < 1.29 is 24.2 Å². The molecule has 6 nitrogen and oxygen atoms in total. The number of benzene rings is 1. The van der Waals surface area contributed by atoms with Crippen LogP contribution in [0.3, 0.4) is 0 Å². The summed E-state index contributed by atoms with van der Waals surface area (Å²) in [5, 5.41) is 9.39. The van der Waals surface area contributed by atoms with E-state index in [0.717, 1.165) is 23.7 Å². The third kappa shape index (κ3) is 5.85. The fourth-order valence-electron chi connectivity index (χ4n) is 2.98. The molecule has 2 rings (SSSR count). The van der Waals surface area contributed by atoms with Gasteiger partial charge in [-0.1, -0.05) is 49.0 Å². The van der Waals surface area contributed by atoms with E-state index in [9.17, 15) is 19.5 Å². The molecular formula is C19H25NO5S. The monoisotopic (exact) mass is 379 g/mol. The lowest BCUT2D eigenvalue weighted by Crippen LogP contribution is -2.43. The largest absolute Gasteiger partial charge is 0.480 e. The molecule has 0 aliphatic carbocycles. The number of amides is 1. The van der Waals surface area contributed by atoms with Gasteiger partial charge in [0.15, 0.2) is 5.12 Å². The summed E-state index contributed by atoms with van der Waals surface area (Å²) in [5.41, 5.74) is 1.16. The number of ether oxygens (including phenoxy) is 1. The Morgan fingerprint density at radius 2 is 2.00 bits per heavy atom. The fourth-order valence-corrected chi connectivity index (χ4v) is 3.61. The zero-order chi connectivity index (χ0) is 19.1. The molecule has 0 aromatic heterocycles. The molecule has 1 aliphatic heterocycles. The molecule has 1 aromatic carbocycles. The van der Waals surface area contributed by atoms with Crippen molar-refractivity contribution >= 4 is 28.8 Å². The van der Waals surface area contributed by atoms with Crippen LogP contribution in [-0.2, 0) is 25.5 Å². The third-order valence-corrected chi connectivity index (χ3v) is 5.45. The van der Waals surface area contributed by atoms with Crippen LogP contribution in [0, 0.1) is 5.92 Å². The number of aliphatic carboxylic acids is 1. The quantitative estimate of drug-likeness (QED) is 0.746. The smallest absolute Gasteiger partial charge is 0.326 e. The van der Waals surface area contributed by atoms with E-state index in [2.05, 4.69) is 0 Å². The van der Waals surface area contributed by atoms with E-state index in [4.69, 9.17) is 4.74 Å². The molecule has 0 bridgehead atoms. The Kier molecular flexibility index (Phi) is 7.66. The minimum atomic E-state index is -1.01. The predicted molar refractivity (Wildman–Crippen MR) is 99.9 cm³/mol. The van der Waals surface area contributed by atoms with E-state index < -0.39 is 17.9 Å². The van der Waals surface area contributed by atoms with Crippen LogP contribution in [-0.4, -0.2) is 58.0 Å². The van der Waals surface area contributed by atoms with E-state index in [-0.39, 0.29) is 23.7 Å². The second-order valence-electron chi connectivity index (χ2n) is 6.51. The molecule has 1 heterocycles. The molecule has 1 fully saturated rings. The fraction of sp³-hybridized carbons (Fsp3) is 0.526. The number of hydrogen-bond donors (Lipinski definition) is 1. The van der Waals surface area contributed by atoms with Crippen molar-refractivity contribution in [2.24, 2.45) is 5.92 Å². The van der Waals surface area contributed by atoms with Crippen molar-refractivity contribution in [3.05, 3.63) is 35.9 Å². The topological polar surface area (TPSA) is 83.9 Å². The second kappa shape index (κ2) is 9.73. The number of rotatable bonds is 8. The number of hydrogen-bond acceptors (Lipinski definition) is 5. The van der Waals surface area contributed by atoms with Gasteiger partial charge < -0.3 is 14.7 Å². The summed E-state index contributed by atoms with van der Waals surface area (Å²) in [4.78, 5) is 36.6. The Labute approximate surface area is 157 Å². The first kappa shape index (κ1) is 20.5. The maximum absolute atomic E-state index is 12.6. The normalized spacial score (nSPS) is 20.8. The number of thioether (sulfide) groups is 1. The zero-order valence-corrected chi connectivity index (χ0v) is 15.9. The summed E-state index contributed by atoms with van der Waals surface area (Å²) in [6.45, 7) is 3.94. The Morgan fingerprint density at radius 3 is 2.62 bits per heavy atom. The van der Waals surface area contributed by atoms with Gasteiger partial charge in [0, 0.05) is 31.6 Å². The molecule has 1 aromatic rings. The van der Waals surface area contributed by atoms with Gasteiger partial charge in [-0.05, 0) is 12.0 Å². The van der Waals surface area contributed by atoms with Gasteiger partial charge in [-0.3, -0.25) is 9.59 Å².